The van der Waals surface area contributed by atoms with Crippen molar-refractivity contribution in [1.29, 1.82) is 0 Å². The van der Waals surface area contributed by atoms with Crippen molar-refractivity contribution in [3.05, 3.63) is 35.4 Å². The Morgan fingerprint density at radius 1 is 1.26 bits per heavy atom. The predicted octanol–water partition coefficient (Wildman–Crippen LogP) is 3.35. The van der Waals surface area contributed by atoms with E-state index in [4.69, 9.17) is 0 Å². The molecule has 0 saturated carbocycles. The second-order valence-electron chi connectivity index (χ2n) is 6.11. The summed E-state index contributed by atoms with van der Waals surface area (Å²) in [4.78, 5) is 2.67. The van der Waals surface area contributed by atoms with Crippen LogP contribution in [0.15, 0.2) is 24.3 Å². The Balaban J connectivity index is 1.97. The summed E-state index contributed by atoms with van der Waals surface area (Å²) in [7, 11) is 0. The molecule has 0 spiro atoms. The minimum absolute atomic E-state index is 0.585. The second-order valence-corrected chi connectivity index (χ2v) is 6.11. The van der Waals surface area contributed by atoms with E-state index in [0.29, 0.717) is 12.1 Å². The molecular weight excluding hydrogens is 232 g/mol. The molecule has 1 heterocycles. The van der Waals surface area contributed by atoms with Crippen LogP contribution in [0.4, 0.5) is 0 Å². The maximum Gasteiger partial charge on any atom is 0.0239 e. The summed E-state index contributed by atoms with van der Waals surface area (Å²) >= 11 is 0. The molecule has 2 heteroatoms. The van der Waals surface area contributed by atoms with Gasteiger partial charge in [0.15, 0.2) is 0 Å². The highest BCUT2D eigenvalue weighted by Gasteiger charge is 2.22. The largest absolute Gasteiger partial charge is 0.313 e. The summed E-state index contributed by atoms with van der Waals surface area (Å²) in [6.07, 6.45) is 4.07. The normalized spacial score (nSPS) is 20.9. The highest BCUT2D eigenvalue weighted by Crippen LogP contribution is 2.20. The number of nitrogens with zero attached hydrogens (tertiary/aromatic N) is 1. The number of aryl methyl sites for hydroxylation is 1. The van der Waals surface area contributed by atoms with Gasteiger partial charge in [0.05, 0.1) is 0 Å². The van der Waals surface area contributed by atoms with E-state index in [0.717, 1.165) is 13.1 Å². The van der Waals surface area contributed by atoms with Crippen molar-refractivity contribution in [2.45, 2.75) is 58.7 Å². The lowest BCUT2D eigenvalue weighted by Gasteiger charge is -2.36. The van der Waals surface area contributed by atoms with Crippen LogP contribution in [-0.2, 0) is 6.54 Å². The van der Waals surface area contributed by atoms with E-state index in [1.54, 1.807) is 0 Å². The zero-order valence-corrected chi connectivity index (χ0v) is 12.7. The molecule has 1 aromatic carbocycles. The molecular formula is C17H28N2. The number of nitrogens with one attached hydrogen (secondary N) is 1. The topological polar surface area (TPSA) is 15.3 Å². The molecule has 1 saturated heterocycles. The number of hydrogen-bond donors (Lipinski definition) is 1. The van der Waals surface area contributed by atoms with Gasteiger partial charge in [-0.2, -0.15) is 0 Å². The van der Waals surface area contributed by atoms with E-state index in [2.05, 4.69) is 55.3 Å². The van der Waals surface area contributed by atoms with Gasteiger partial charge >= 0.3 is 0 Å². The molecule has 1 aliphatic heterocycles. The number of piperidine rings is 1. The van der Waals surface area contributed by atoms with Crippen molar-refractivity contribution in [2.24, 2.45) is 0 Å². The van der Waals surface area contributed by atoms with Gasteiger partial charge in [-0.25, -0.2) is 0 Å². The second kappa shape index (κ2) is 7.06. The van der Waals surface area contributed by atoms with E-state index >= 15 is 0 Å². The fraction of sp³-hybridized carbons (Fsp3) is 0.647. The molecule has 0 radical (unpaired) electrons. The molecule has 1 atom stereocenters. The number of rotatable bonds is 5. The summed E-state index contributed by atoms with van der Waals surface area (Å²) < 4.78 is 0. The van der Waals surface area contributed by atoms with Gasteiger partial charge in [0.25, 0.3) is 0 Å². The molecule has 19 heavy (non-hydrogen) atoms. The zero-order chi connectivity index (χ0) is 13.7. The van der Waals surface area contributed by atoms with Gasteiger partial charge < -0.3 is 5.32 Å². The highest BCUT2D eigenvalue weighted by molar-refractivity contribution is 5.25. The van der Waals surface area contributed by atoms with Crippen molar-refractivity contribution in [3.8, 4) is 0 Å². The first-order valence-corrected chi connectivity index (χ1v) is 7.68. The van der Waals surface area contributed by atoms with Crippen LogP contribution in [0.1, 0.15) is 44.2 Å². The van der Waals surface area contributed by atoms with Crippen LogP contribution in [0.25, 0.3) is 0 Å². The van der Waals surface area contributed by atoms with Crippen molar-refractivity contribution in [3.63, 3.8) is 0 Å². The molecule has 2 rings (SSSR count). The number of hydrogen-bond acceptors (Lipinski definition) is 2. The number of benzene rings is 1. The Morgan fingerprint density at radius 3 is 2.79 bits per heavy atom. The average molecular weight is 260 g/mol. The molecule has 1 N–H and O–H groups in total. The van der Waals surface area contributed by atoms with E-state index in [1.165, 1.54) is 36.9 Å². The number of likely N-dealkylation sites (tertiary alicyclic amines) is 1. The van der Waals surface area contributed by atoms with E-state index in [1.807, 2.05) is 0 Å². The van der Waals surface area contributed by atoms with Gasteiger partial charge in [-0.1, -0.05) is 44.5 Å². The summed E-state index contributed by atoms with van der Waals surface area (Å²) in [5, 5.41) is 3.60. The molecule has 1 aromatic rings. The lowest BCUT2D eigenvalue weighted by atomic mass is 9.99. The van der Waals surface area contributed by atoms with E-state index in [-0.39, 0.29) is 0 Å². The maximum absolute atomic E-state index is 3.60. The minimum Gasteiger partial charge on any atom is -0.313 e. The maximum atomic E-state index is 3.60. The van der Waals surface area contributed by atoms with Gasteiger partial charge in [-0.15, -0.1) is 0 Å². The van der Waals surface area contributed by atoms with Crippen LogP contribution in [0.3, 0.4) is 0 Å². The van der Waals surface area contributed by atoms with Gasteiger partial charge in [0.1, 0.15) is 0 Å². The summed E-state index contributed by atoms with van der Waals surface area (Å²) in [5.41, 5.74) is 2.91. The van der Waals surface area contributed by atoms with Crippen LogP contribution in [0.2, 0.25) is 0 Å². The fourth-order valence-electron chi connectivity index (χ4n) is 2.88. The molecule has 0 aliphatic carbocycles. The molecule has 0 aromatic heterocycles. The molecule has 0 amide bonds. The fourth-order valence-corrected chi connectivity index (χ4v) is 2.88. The molecule has 106 valence electrons. The van der Waals surface area contributed by atoms with Gasteiger partial charge in [-0.05, 0) is 37.4 Å². The molecule has 2 nitrogen and oxygen atoms in total. The van der Waals surface area contributed by atoms with Gasteiger partial charge in [0.2, 0.25) is 0 Å². The Morgan fingerprint density at radius 2 is 2.05 bits per heavy atom. The smallest absolute Gasteiger partial charge is 0.0239 e. The Kier molecular flexibility index (Phi) is 5.41. The third-order valence-corrected chi connectivity index (χ3v) is 4.15. The van der Waals surface area contributed by atoms with E-state index < -0.39 is 0 Å². The first-order chi connectivity index (χ1) is 9.16. The predicted molar refractivity (Wildman–Crippen MR) is 82.4 cm³/mol. The van der Waals surface area contributed by atoms with Crippen molar-refractivity contribution in [1.82, 2.24) is 10.2 Å². The first-order valence-electron chi connectivity index (χ1n) is 7.68. The van der Waals surface area contributed by atoms with Crippen LogP contribution >= 0.6 is 0 Å². The molecule has 1 aliphatic rings. The van der Waals surface area contributed by atoms with Crippen LogP contribution < -0.4 is 5.32 Å². The van der Waals surface area contributed by atoms with Crippen LogP contribution in [0, 0.1) is 6.92 Å². The Hall–Kier alpha value is -0.860. The third kappa shape index (κ3) is 4.32. The quantitative estimate of drug-likeness (QED) is 0.873. The molecule has 0 bridgehead atoms. The van der Waals surface area contributed by atoms with Crippen molar-refractivity contribution < 1.29 is 0 Å². The summed E-state index contributed by atoms with van der Waals surface area (Å²) in [5.74, 6) is 0. The SMILES string of the molecule is Cc1ccccc1CN1CCCCC1CNC(C)C. The average Bonchev–Trinajstić information content (AvgIpc) is 2.40. The highest BCUT2D eigenvalue weighted by atomic mass is 15.2. The monoisotopic (exact) mass is 260 g/mol. The van der Waals surface area contributed by atoms with Gasteiger partial charge in [0, 0.05) is 25.2 Å². The van der Waals surface area contributed by atoms with Crippen molar-refractivity contribution in [2.75, 3.05) is 13.1 Å². The Bertz CT molecular complexity index is 387. The Labute approximate surface area is 118 Å². The molecule has 1 fully saturated rings. The third-order valence-electron chi connectivity index (χ3n) is 4.15. The summed E-state index contributed by atoms with van der Waals surface area (Å²) in [6.45, 7) is 10.2. The van der Waals surface area contributed by atoms with Crippen molar-refractivity contribution >= 4 is 0 Å². The zero-order valence-electron chi connectivity index (χ0n) is 12.7. The first kappa shape index (κ1) is 14.5. The van der Waals surface area contributed by atoms with Crippen LogP contribution in [-0.4, -0.2) is 30.1 Å². The lowest BCUT2D eigenvalue weighted by Crippen LogP contribution is -2.46. The minimum atomic E-state index is 0.585. The molecule has 1 unspecified atom stereocenters. The van der Waals surface area contributed by atoms with E-state index in [9.17, 15) is 0 Å². The van der Waals surface area contributed by atoms with Crippen LogP contribution in [0.5, 0.6) is 0 Å². The van der Waals surface area contributed by atoms with Gasteiger partial charge in [-0.3, -0.25) is 4.90 Å². The summed E-state index contributed by atoms with van der Waals surface area (Å²) in [6, 6.07) is 10.1. The lowest BCUT2D eigenvalue weighted by molar-refractivity contribution is 0.135. The standard InChI is InChI=1S/C17H28N2/c1-14(2)18-12-17-10-6-7-11-19(17)13-16-9-5-4-8-15(16)3/h4-5,8-9,14,17-18H,6-7,10-13H2,1-3H3.